The van der Waals surface area contributed by atoms with Gasteiger partial charge in [0.05, 0.1) is 14.2 Å². The second-order valence-corrected chi connectivity index (χ2v) is 10.5. The molecule has 4 rings (SSSR count). The SMILES string of the molecule is COc1cc(Cl)cc(OC)c1C(=O)CCCCN1CCC2(CC1)C(=O)NC(=O)N2CCCc1ccc(F)cc1.Cl. The molecule has 218 valence electrons. The summed E-state index contributed by atoms with van der Waals surface area (Å²) >= 11 is 6.09. The van der Waals surface area contributed by atoms with E-state index in [1.165, 1.54) is 26.4 Å². The number of piperidine rings is 1. The third-order valence-corrected chi connectivity index (χ3v) is 7.94. The number of rotatable bonds is 12. The first-order valence-electron chi connectivity index (χ1n) is 13.3. The van der Waals surface area contributed by atoms with Crippen LogP contribution in [0.4, 0.5) is 9.18 Å². The molecule has 11 heteroatoms. The lowest BCUT2D eigenvalue weighted by molar-refractivity contribution is -0.129. The average molecular weight is 597 g/mol. The van der Waals surface area contributed by atoms with E-state index in [-0.39, 0.29) is 35.9 Å². The molecular weight excluding hydrogens is 560 g/mol. The largest absolute Gasteiger partial charge is 0.496 e. The number of halogens is 3. The summed E-state index contributed by atoms with van der Waals surface area (Å²) in [5, 5.41) is 2.95. The normalized spacial score (nSPS) is 16.6. The molecule has 2 aromatic rings. The van der Waals surface area contributed by atoms with Gasteiger partial charge in [-0.3, -0.25) is 14.9 Å². The number of benzene rings is 2. The van der Waals surface area contributed by atoms with Crippen LogP contribution in [-0.2, 0) is 11.2 Å². The molecule has 8 nitrogen and oxygen atoms in total. The predicted octanol–water partition coefficient (Wildman–Crippen LogP) is 5.29. The van der Waals surface area contributed by atoms with Gasteiger partial charge in [0.25, 0.3) is 5.91 Å². The number of unbranched alkanes of at least 4 members (excludes halogenated alkanes) is 1. The molecule has 2 aromatic carbocycles. The molecule has 2 heterocycles. The summed E-state index contributed by atoms with van der Waals surface area (Å²) in [6.45, 7) is 2.66. The van der Waals surface area contributed by atoms with Gasteiger partial charge in [0, 0.05) is 31.1 Å². The molecule has 3 amide bonds. The van der Waals surface area contributed by atoms with Crippen LogP contribution in [0.15, 0.2) is 36.4 Å². The van der Waals surface area contributed by atoms with E-state index in [1.807, 2.05) is 0 Å². The molecule has 2 aliphatic rings. The van der Waals surface area contributed by atoms with Crippen molar-refractivity contribution in [2.45, 2.75) is 50.5 Å². The Bertz CT molecular complexity index is 1180. The minimum atomic E-state index is -0.811. The first-order valence-corrected chi connectivity index (χ1v) is 13.7. The summed E-state index contributed by atoms with van der Waals surface area (Å²) in [7, 11) is 2.99. The standard InChI is InChI=1S/C29H35ClFN3O5.ClH/c1-38-24-18-21(30)19-25(39-2)26(24)23(35)7-3-4-14-33-16-12-29(13-17-33)27(36)32-28(37)34(29)15-5-6-20-8-10-22(31)11-9-20;/h8-11,18-19H,3-7,12-17H2,1-2H3,(H,32,36,37);1H. The van der Waals surface area contributed by atoms with Crippen LogP contribution < -0.4 is 14.8 Å². The number of likely N-dealkylation sites (tertiary alicyclic amines) is 1. The van der Waals surface area contributed by atoms with Gasteiger partial charge >= 0.3 is 6.03 Å². The Morgan fingerprint density at radius 3 is 2.23 bits per heavy atom. The van der Waals surface area contributed by atoms with Gasteiger partial charge in [-0.15, -0.1) is 12.4 Å². The van der Waals surface area contributed by atoms with Crippen molar-refractivity contribution in [3.8, 4) is 11.5 Å². The van der Waals surface area contributed by atoms with Crippen LogP contribution in [0.5, 0.6) is 11.5 Å². The molecule has 0 unspecified atom stereocenters. The van der Waals surface area contributed by atoms with E-state index >= 15 is 0 Å². The van der Waals surface area contributed by atoms with Crippen LogP contribution in [0, 0.1) is 5.82 Å². The third kappa shape index (κ3) is 7.06. The maximum Gasteiger partial charge on any atom is 0.325 e. The smallest absolute Gasteiger partial charge is 0.325 e. The van der Waals surface area contributed by atoms with E-state index in [2.05, 4.69) is 10.2 Å². The van der Waals surface area contributed by atoms with E-state index in [0.717, 1.165) is 18.5 Å². The quantitative estimate of drug-likeness (QED) is 0.204. The molecule has 1 N–H and O–H groups in total. The number of hydrogen-bond acceptors (Lipinski definition) is 6. The van der Waals surface area contributed by atoms with Gasteiger partial charge in [-0.1, -0.05) is 23.7 Å². The fourth-order valence-electron chi connectivity index (χ4n) is 5.55. The molecule has 2 fully saturated rings. The Balaban J connectivity index is 0.00000441. The van der Waals surface area contributed by atoms with Crippen molar-refractivity contribution < 1.29 is 28.2 Å². The number of nitrogens with one attached hydrogen (secondary N) is 1. The topological polar surface area (TPSA) is 88.2 Å². The van der Waals surface area contributed by atoms with Gasteiger partial charge in [0.2, 0.25) is 0 Å². The highest BCUT2D eigenvalue weighted by molar-refractivity contribution is 6.31. The highest BCUT2D eigenvalue weighted by atomic mass is 35.5. The summed E-state index contributed by atoms with van der Waals surface area (Å²) in [6, 6.07) is 9.23. The molecule has 0 aromatic heterocycles. The highest BCUT2D eigenvalue weighted by Crippen LogP contribution is 2.35. The predicted molar refractivity (Wildman–Crippen MR) is 153 cm³/mol. The average Bonchev–Trinajstić information content (AvgIpc) is 3.15. The van der Waals surface area contributed by atoms with E-state index in [1.54, 1.807) is 29.2 Å². The van der Waals surface area contributed by atoms with Gasteiger partial charge in [-0.05, 0) is 74.9 Å². The van der Waals surface area contributed by atoms with Crippen LogP contribution >= 0.6 is 24.0 Å². The molecular formula is C29H36Cl2FN3O5. The minimum absolute atomic E-state index is 0. The van der Waals surface area contributed by atoms with Crippen molar-refractivity contribution in [1.29, 1.82) is 0 Å². The number of amides is 3. The van der Waals surface area contributed by atoms with Crippen LogP contribution in [0.25, 0.3) is 0 Å². The van der Waals surface area contributed by atoms with Crippen molar-refractivity contribution in [2.24, 2.45) is 0 Å². The van der Waals surface area contributed by atoms with Crippen LogP contribution in [0.1, 0.15) is 54.4 Å². The third-order valence-electron chi connectivity index (χ3n) is 7.73. The molecule has 0 bridgehead atoms. The fraction of sp³-hybridized carbons (Fsp3) is 0.483. The Hall–Kier alpha value is -2.88. The van der Waals surface area contributed by atoms with Gasteiger partial charge < -0.3 is 19.3 Å². The maximum atomic E-state index is 13.2. The number of carbonyl (C=O) groups excluding carboxylic acids is 3. The second-order valence-electron chi connectivity index (χ2n) is 10.1. The number of urea groups is 1. The number of carbonyl (C=O) groups is 3. The summed E-state index contributed by atoms with van der Waals surface area (Å²) in [5.41, 5.74) is 0.590. The number of aryl methyl sites for hydroxylation is 1. The van der Waals surface area contributed by atoms with E-state index in [4.69, 9.17) is 21.1 Å². The van der Waals surface area contributed by atoms with Gasteiger partial charge in [-0.25, -0.2) is 9.18 Å². The zero-order valence-electron chi connectivity index (χ0n) is 22.8. The number of ketones is 1. The number of imide groups is 1. The molecule has 0 saturated carbocycles. The molecule has 0 atom stereocenters. The lowest BCUT2D eigenvalue weighted by Crippen LogP contribution is -2.56. The molecule has 0 radical (unpaired) electrons. The van der Waals surface area contributed by atoms with E-state index in [9.17, 15) is 18.8 Å². The number of hydrogen-bond donors (Lipinski definition) is 1. The van der Waals surface area contributed by atoms with Crippen LogP contribution in [0.2, 0.25) is 5.02 Å². The van der Waals surface area contributed by atoms with Gasteiger partial charge in [-0.2, -0.15) is 0 Å². The van der Waals surface area contributed by atoms with Crippen molar-refractivity contribution in [3.05, 3.63) is 58.4 Å². The summed E-state index contributed by atoms with van der Waals surface area (Å²) < 4.78 is 23.9. The fourth-order valence-corrected chi connectivity index (χ4v) is 5.75. The zero-order chi connectivity index (χ0) is 28.0. The first kappa shape index (κ1) is 31.6. The monoisotopic (exact) mass is 595 g/mol. The number of methoxy groups -OCH3 is 2. The maximum absolute atomic E-state index is 13.2. The van der Waals surface area contributed by atoms with E-state index in [0.29, 0.717) is 80.2 Å². The van der Waals surface area contributed by atoms with Crippen molar-refractivity contribution in [1.82, 2.24) is 15.1 Å². The highest BCUT2D eigenvalue weighted by Gasteiger charge is 2.53. The summed E-state index contributed by atoms with van der Waals surface area (Å²) in [6.07, 6.45) is 4.40. The van der Waals surface area contributed by atoms with E-state index < -0.39 is 5.54 Å². The zero-order valence-corrected chi connectivity index (χ0v) is 24.4. The minimum Gasteiger partial charge on any atom is -0.496 e. The number of ether oxygens (including phenoxy) is 2. The summed E-state index contributed by atoms with van der Waals surface area (Å²) in [4.78, 5) is 42.3. The van der Waals surface area contributed by atoms with Crippen molar-refractivity contribution >= 4 is 41.7 Å². The number of nitrogens with zero attached hydrogens (tertiary/aromatic N) is 2. The second kappa shape index (κ2) is 14.1. The first-order chi connectivity index (χ1) is 18.8. The van der Waals surface area contributed by atoms with Crippen LogP contribution in [0.3, 0.4) is 0 Å². The Morgan fingerprint density at radius 2 is 1.62 bits per heavy atom. The molecule has 2 aliphatic heterocycles. The lowest BCUT2D eigenvalue weighted by Gasteiger charge is -2.42. The Morgan fingerprint density at radius 1 is 1.00 bits per heavy atom. The molecule has 1 spiro atoms. The van der Waals surface area contributed by atoms with Crippen molar-refractivity contribution in [2.75, 3.05) is 40.4 Å². The Labute approximate surface area is 245 Å². The molecule has 40 heavy (non-hydrogen) atoms. The molecule has 2 saturated heterocycles. The lowest BCUT2D eigenvalue weighted by atomic mass is 9.85. The summed E-state index contributed by atoms with van der Waals surface area (Å²) in [5.74, 6) is 0.248. The van der Waals surface area contributed by atoms with Gasteiger partial charge in [0.15, 0.2) is 5.78 Å². The Kier molecular flexibility index (Phi) is 11.2. The van der Waals surface area contributed by atoms with Crippen LogP contribution in [-0.4, -0.2) is 73.5 Å². The van der Waals surface area contributed by atoms with Crippen molar-refractivity contribution in [3.63, 3.8) is 0 Å². The molecule has 0 aliphatic carbocycles. The number of Topliss-reactive ketones (excluding diaryl/α,β-unsaturated/α-hetero) is 1. The van der Waals surface area contributed by atoms with Gasteiger partial charge in [0.1, 0.15) is 28.4 Å².